The van der Waals surface area contributed by atoms with Crippen molar-refractivity contribution in [2.45, 2.75) is 31.7 Å². The molecule has 6 heteroatoms. The van der Waals surface area contributed by atoms with E-state index in [0.717, 1.165) is 24.3 Å². The van der Waals surface area contributed by atoms with Gasteiger partial charge in [-0.25, -0.2) is 4.79 Å². The van der Waals surface area contributed by atoms with E-state index in [1.54, 1.807) is 0 Å². The molecule has 0 bridgehead atoms. The van der Waals surface area contributed by atoms with E-state index in [9.17, 15) is 9.59 Å². The van der Waals surface area contributed by atoms with Crippen molar-refractivity contribution in [3.8, 4) is 0 Å². The van der Waals surface area contributed by atoms with Crippen LogP contribution >= 0.6 is 0 Å². The van der Waals surface area contributed by atoms with Crippen LogP contribution in [0.15, 0.2) is 54.6 Å². The van der Waals surface area contributed by atoms with Gasteiger partial charge in [0.1, 0.15) is 6.04 Å². The Balaban J connectivity index is 1.75. The van der Waals surface area contributed by atoms with Crippen LogP contribution in [-0.2, 0) is 4.79 Å². The molecule has 3 amide bonds. The first-order valence-corrected chi connectivity index (χ1v) is 9.40. The first-order chi connectivity index (χ1) is 13.1. The van der Waals surface area contributed by atoms with Gasteiger partial charge in [0.15, 0.2) is 0 Å². The van der Waals surface area contributed by atoms with E-state index in [4.69, 9.17) is 5.73 Å². The number of hydrogen-bond acceptors (Lipinski definition) is 4. The van der Waals surface area contributed by atoms with Crippen molar-refractivity contribution in [2.24, 2.45) is 5.73 Å². The summed E-state index contributed by atoms with van der Waals surface area (Å²) in [4.78, 5) is 25.9. The zero-order valence-corrected chi connectivity index (χ0v) is 15.4. The molecule has 0 radical (unpaired) electrons. The summed E-state index contributed by atoms with van der Waals surface area (Å²) >= 11 is 0. The highest BCUT2D eigenvalue weighted by atomic mass is 16.2. The smallest absolute Gasteiger partial charge is 0.318 e. The first kappa shape index (κ1) is 18.8. The fourth-order valence-corrected chi connectivity index (χ4v) is 3.40. The SMILES string of the molecule is NC(=O)NC(=O)[C@H](Nc1ccc(N2CCCCCC2)cc1)c1ccccc1. The lowest BCUT2D eigenvalue weighted by Gasteiger charge is -2.24. The standard InChI is InChI=1S/C21H26N4O2/c22-21(27)24-20(26)19(16-8-4-3-5-9-16)23-17-10-12-18(13-11-17)25-14-6-1-2-7-15-25/h3-5,8-13,19,23H,1-2,6-7,14-15H2,(H3,22,24,26,27)/t19-/m1/s1. The number of nitrogens with two attached hydrogens (primary N) is 1. The number of primary amides is 1. The van der Waals surface area contributed by atoms with Crippen molar-refractivity contribution >= 4 is 23.3 Å². The van der Waals surface area contributed by atoms with Crippen LogP contribution in [0.2, 0.25) is 0 Å². The molecule has 27 heavy (non-hydrogen) atoms. The van der Waals surface area contributed by atoms with Gasteiger partial charge in [0, 0.05) is 24.5 Å². The van der Waals surface area contributed by atoms with Gasteiger partial charge in [-0.15, -0.1) is 0 Å². The maximum Gasteiger partial charge on any atom is 0.318 e. The van der Waals surface area contributed by atoms with E-state index in [1.807, 2.05) is 42.5 Å². The number of amides is 3. The van der Waals surface area contributed by atoms with E-state index in [-0.39, 0.29) is 0 Å². The molecule has 3 rings (SSSR count). The summed E-state index contributed by atoms with van der Waals surface area (Å²) in [5.74, 6) is -0.481. The lowest BCUT2D eigenvalue weighted by molar-refractivity contribution is -0.120. The van der Waals surface area contributed by atoms with Crippen LogP contribution < -0.4 is 21.3 Å². The van der Waals surface area contributed by atoms with Gasteiger partial charge in [0.25, 0.3) is 5.91 Å². The number of imide groups is 1. The predicted octanol–water partition coefficient (Wildman–Crippen LogP) is 3.42. The molecule has 1 aliphatic rings. The molecule has 1 fully saturated rings. The van der Waals surface area contributed by atoms with E-state index in [1.165, 1.54) is 31.4 Å². The second kappa shape index (κ2) is 9.07. The van der Waals surface area contributed by atoms with Crippen LogP contribution in [0.3, 0.4) is 0 Å². The summed E-state index contributed by atoms with van der Waals surface area (Å²) in [6.45, 7) is 2.17. The molecule has 0 aromatic heterocycles. The third-order valence-electron chi connectivity index (χ3n) is 4.79. The Morgan fingerprint density at radius 1 is 0.889 bits per heavy atom. The number of urea groups is 1. The third-order valence-corrected chi connectivity index (χ3v) is 4.79. The topological polar surface area (TPSA) is 87.5 Å². The van der Waals surface area contributed by atoms with Gasteiger partial charge in [-0.3, -0.25) is 10.1 Å². The Labute approximate surface area is 159 Å². The van der Waals surface area contributed by atoms with E-state index >= 15 is 0 Å². The maximum absolute atomic E-state index is 12.4. The van der Waals surface area contributed by atoms with E-state index < -0.39 is 18.0 Å². The molecule has 0 aliphatic carbocycles. The average molecular weight is 366 g/mol. The predicted molar refractivity (Wildman–Crippen MR) is 108 cm³/mol. The van der Waals surface area contributed by atoms with Crippen molar-refractivity contribution in [1.82, 2.24) is 5.32 Å². The molecular formula is C21H26N4O2. The van der Waals surface area contributed by atoms with Crippen molar-refractivity contribution < 1.29 is 9.59 Å². The zero-order valence-electron chi connectivity index (χ0n) is 15.4. The lowest BCUT2D eigenvalue weighted by atomic mass is 10.1. The minimum Gasteiger partial charge on any atom is -0.372 e. The summed E-state index contributed by atoms with van der Waals surface area (Å²) in [5.41, 5.74) is 7.87. The minimum atomic E-state index is -0.862. The fraction of sp³-hybridized carbons (Fsp3) is 0.333. The molecule has 0 saturated carbocycles. The molecule has 1 aliphatic heterocycles. The summed E-state index contributed by atoms with van der Waals surface area (Å²) in [6, 6.07) is 15.8. The average Bonchev–Trinajstić information content (AvgIpc) is 2.96. The molecule has 6 nitrogen and oxygen atoms in total. The summed E-state index contributed by atoms with van der Waals surface area (Å²) in [7, 11) is 0. The molecule has 0 spiro atoms. The van der Waals surface area contributed by atoms with Crippen molar-refractivity contribution in [2.75, 3.05) is 23.3 Å². The number of carbonyl (C=O) groups is 2. The third kappa shape index (κ3) is 5.23. The highest BCUT2D eigenvalue weighted by Gasteiger charge is 2.21. The molecule has 2 aromatic carbocycles. The van der Waals surface area contributed by atoms with Crippen LogP contribution in [0.1, 0.15) is 37.3 Å². The van der Waals surface area contributed by atoms with E-state index in [2.05, 4.69) is 27.7 Å². The monoisotopic (exact) mass is 366 g/mol. The largest absolute Gasteiger partial charge is 0.372 e. The number of carbonyl (C=O) groups excluding carboxylic acids is 2. The zero-order chi connectivity index (χ0) is 19.1. The van der Waals surface area contributed by atoms with Crippen LogP contribution in [0.25, 0.3) is 0 Å². The van der Waals surface area contributed by atoms with Gasteiger partial charge in [0.2, 0.25) is 0 Å². The van der Waals surface area contributed by atoms with Crippen molar-refractivity contribution in [1.29, 1.82) is 0 Å². The number of benzene rings is 2. The molecule has 0 unspecified atom stereocenters. The molecule has 4 N–H and O–H groups in total. The van der Waals surface area contributed by atoms with Gasteiger partial charge in [-0.05, 0) is 42.7 Å². The number of anilines is 2. The number of nitrogens with one attached hydrogen (secondary N) is 2. The summed E-state index contributed by atoms with van der Waals surface area (Å²) < 4.78 is 0. The Kier molecular flexibility index (Phi) is 6.30. The maximum atomic E-state index is 12.4. The Morgan fingerprint density at radius 2 is 1.52 bits per heavy atom. The van der Waals surface area contributed by atoms with Gasteiger partial charge >= 0.3 is 6.03 Å². The summed E-state index contributed by atoms with van der Waals surface area (Å²) in [6.07, 6.45) is 5.04. The lowest BCUT2D eigenvalue weighted by Crippen LogP contribution is -2.40. The van der Waals surface area contributed by atoms with Crippen LogP contribution in [0, 0.1) is 0 Å². The Bertz CT molecular complexity index is 754. The second-order valence-corrected chi connectivity index (χ2v) is 6.79. The normalized spacial score (nSPS) is 15.5. The first-order valence-electron chi connectivity index (χ1n) is 9.40. The quantitative estimate of drug-likeness (QED) is 0.757. The molecule has 2 aromatic rings. The molecule has 142 valence electrons. The van der Waals surface area contributed by atoms with Gasteiger partial charge in [-0.1, -0.05) is 43.2 Å². The number of nitrogens with zero attached hydrogens (tertiary/aromatic N) is 1. The highest BCUT2D eigenvalue weighted by molar-refractivity contribution is 5.98. The van der Waals surface area contributed by atoms with Crippen LogP contribution in [0.5, 0.6) is 0 Å². The molecule has 1 atom stereocenters. The molecule has 1 saturated heterocycles. The number of rotatable bonds is 5. The summed E-state index contributed by atoms with van der Waals surface area (Å²) in [5, 5.41) is 5.37. The fourth-order valence-electron chi connectivity index (χ4n) is 3.40. The Morgan fingerprint density at radius 3 is 2.11 bits per heavy atom. The van der Waals surface area contributed by atoms with Gasteiger partial charge in [-0.2, -0.15) is 0 Å². The van der Waals surface area contributed by atoms with Crippen LogP contribution in [-0.4, -0.2) is 25.0 Å². The Hall–Kier alpha value is -3.02. The highest BCUT2D eigenvalue weighted by Crippen LogP contribution is 2.24. The second-order valence-electron chi connectivity index (χ2n) is 6.79. The van der Waals surface area contributed by atoms with Crippen LogP contribution in [0.4, 0.5) is 16.2 Å². The van der Waals surface area contributed by atoms with Crippen molar-refractivity contribution in [3.63, 3.8) is 0 Å². The van der Waals surface area contributed by atoms with Gasteiger partial charge in [0.05, 0.1) is 0 Å². The number of hydrogen-bond donors (Lipinski definition) is 3. The molecular weight excluding hydrogens is 340 g/mol. The minimum absolute atomic E-state index is 0.481. The van der Waals surface area contributed by atoms with Crippen molar-refractivity contribution in [3.05, 3.63) is 60.2 Å². The van der Waals surface area contributed by atoms with Gasteiger partial charge < -0.3 is 16.0 Å². The molecule has 1 heterocycles. The van der Waals surface area contributed by atoms with E-state index in [0.29, 0.717) is 0 Å².